The molecule has 0 saturated heterocycles. The van der Waals surface area contributed by atoms with Crippen LogP contribution in [0.25, 0.3) is 21.3 Å². The molecular formula is C15H15N3OS. The van der Waals surface area contributed by atoms with E-state index in [1.54, 1.807) is 6.92 Å². The van der Waals surface area contributed by atoms with E-state index in [0.29, 0.717) is 11.2 Å². The Morgan fingerprint density at radius 3 is 2.65 bits per heavy atom. The molecule has 0 bridgehead atoms. The summed E-state index contributed by atoms with van der Waals surface area (Å²) < 4.78 is 1.11. The van der Waals surface area contributed by atoms with Gasteiger partial charge in [-0.15, -0.1) is 11.3 Å². The van der Waals surface area contributed by atoms with Crippen molar-refractivity contribution < 1.29 is 0 Å². The molecule has 0 atom stereocenters. The average molecular weight is 285 g/mol. The zero-order chi connectivity index (χ0) is 14.4. The highest BCUT2D eigenvalue weighted by Gasteiger charge is 2.14. The molecule has 0 fully saturated rings. The topological polar surface area (TPSA) is 60.9 Å². The van der Waals surface area contributed by atoms with Crippen molar-refractivity contribution in [2.45, 2.75) is 20.8 Å². The van der Waals surface area contributed by atoms with Crippen LogP contribution in [0.15, 0.2) is 28.4 Å². The summed E-state index contributed by atoms with van der Waals surface area (Å²) in [5, 5.41) is 2.58. The zero-order valence-electron chi connectivity index (χ0n) is 11.6. The van der Waals surface area contributed by atoms with Crippen molar-refractivity contribution in [3.63, 3.8) is 0 Å². The Labute approximate surface area is 120 Å². The quantitative estimate of drug-likeness (QED) is 0.699. The van der Waals surface area contributed by atoms with Gasteiger partial charge in [-0.1, -0.05) is 18.2 Å². The van der Waals surface area contributed by atoms with Crippen LogP contribution >= 0.6 is 11.3 Å². The standard InChI is InChI=1S/C15H15N3OS/c1-8-4-5-11(6-9(8)2)12-7-20-14-13(12)15(19)18(16)10(3)17-14/h4-7H,16H2,1-3H3. The molecule has 3 rings (SSSR count). The monoisotopic (exact) mass is 285 g/mol. The van der Waals surface area contributed by atoms with Gasteiger partial charge >= 0.3 is 0 Å². The molecule has 0 aliphatic rings. The van der Waals surface area contributed by atoms with Crippen molar-refractivity contribution in [3.8, 4) is 11.1 Å². The van der Waals surface area contributed by atoms with E-state index in [1.165, 1.54) is 22.5 Å². The SMILES string of the molecule is Cc1ccc(-c2csc3nc(C)n(N)c(=O)c23)cc1C. The summed E-state index contributed by atoms with van der Waals surface area (Å²) in [6.07, 6.45) is 0. The number of nitrogens with two attached hydrogens (primary N) is 1. The van der Waals surface area contributed by atoms with Crippen LogP contribution in [0.3, 0.4) is 0 Å². The van der Waals surface area contributed by atoms with Crippen LogP contribution in [-0.4, -0.2) is 9.66 Å². The van der Waals surface area contributed by atoms with Crippen molar-refractivity contribution >= 4 is 21.6 Å². The molecule has 20 heavy (non-hydrogen) atoms. The summed E-state index contributed by atoms with van der Waals surface area (Å²) in [6.45, 7) is 5.87. The Kier molecular flexibility index (Phi) is 2.87. The number of hydrogen-bond acceptors (Lipinski definition) is 4. The highest BCUT2D eigenvalue weighted by molar-refractivity contribution is 7.17. The lowest BCUT2D eigenvalue weighted by molar-refractivity contribution is 0.855. The fourth-order valence-electron chi connectivity index (χ4n) is 2.23. The summed E-state index contributed by atoms with van der Waals surface area (Å²) in [6, 6.07) is 6.19. The van der Waals surface area contributed by atoms with Crippen molar-refractivity contribution in [1.82, 2.24) is 9.66 Å². The van der Waals surface area contributed by atoms with Crippen LogP contribution in [0.1, 0.15) is 17.0 Å². The summed E-state index contributed by atoms with van der Waals surface area (Å²) in [4.78, 5) is 17.5. The molecule has 2 N–H and O–H groups in total. The van der Waals surface area contributed by atoms with E-state index in [1.807, 2.05) is 11.4 Å². The molecule has 4 nitrogen and oxygen atoms in total. The number of thiophene rings is 1. The van der Waals surface area contributed by atoms with Crippen molar-refractivity contribution in [2.24, 2.45) is 0 Å². The number of nitrogens with zero attached hydrogens (tertiary/aromatic N) is 2. The minimum Gasteiger partial charge on any atom is -0.335 e. The van der Waals surface area contributed by atoms with Crippen molar-refractivity contribution in [3.05, 3.63) is 50.9 Å². The second-order valence-electron chi connectivity index (χ2n) is 4.96. The van der Waals surface area contributed by atoms with Gasteiger partial charge in [0.2, 0.25) is 0 Å². The third-order valence-electron chi connectivity index (χ3n) is 3.63. The Hall–Kier alpha value is -2.14. The van der Waals surface area contributed by atoms with Gasteiger partial charge in [-0.3, -0.25) is 4.79 Å². The van der Waals surface area contributed by atoms with E-state index < -0.39 is 0 Å². The Morgan fingerprint density at radius 1 is 1.20 bits per heavy atom. The van der Waals surface area contributed by atoms with Crippen LogP contribution in [0.5, 0.6) is 0 Å². The average Bonchev–Trinajstić information content (AvgIpc) is 2.83. The third-order valence-corrected chi connectivity index (χ3v) is 4.51. The maximum Gasteiger partial charge on any atom is 0.281 e. The molecule has 0 aliphatic carbocycles. The number of nitrogen functional groups attached to an aromatic ring is 1. The largest absolute Gasteiger partial charge is 0.335 e. The second-order valence-corrected chi connectivity index (χ2v) is 5.82. The van der Waals surface area contributed by atoms with Crippen molar-refractivity contribution in [2.75, 3.05) is 5.84 Å². The van der Waals surface area contributed by atoms with Gasteiger partial charge in [-0.2, -0.15) is 0 Å². The Bertz CT molecular complexity index is 877. The fraction of sp³-hybridized carbons (Fsp3) is 0.200. The normalized spacial score (nSPS) is 11.2. The van der Waals surface area contributed by atoms with E-state index in [0.717, 1.165) is 20.6 Å². The molecular weight excluding hydrogens is 270 g/mol. The van der Waals surface area contributed by atoms with Gasteiger partial charge in [-0.25, -0.2) is 9.66 Å². The van der Waals surface area contributed by atoms with E-state index >= 15 is 0 Å². The highest BCUT2D eigenvalue weighted by Crippen LogP contribution is 2.31. The molecule has 0 radical (unpaired) electrons. The maximum absolute atomic E-state index is 12.4. The van der Waals surface area contributed by atoms with Gasteiger partial charge in [-0.05, 0) is 37.5 Å². The van der Waals surface area contributed by atoms with Crippen molar-refractivity contribution in [1.29, 1.82) is 0 Å². The Morgan fingerprint density at radius 2 is 1.95 bits per heavy atom. The van der Waals surface area contributed by atoms with Gasteiger partial charge in [0.05, 0.1) is 5.39 Å². The summed E-state index contributed by atoms with van der Waals surface area (Å²) in [7, 11) is 0. The minimum absolute atomic E-state index is 0.193. The van der Waals surface area contributed by atoms with Gasteiger partial charge in [0.1, 0.15) is 10.7 Å². The van der Waals surface area contributed by atoms with Gasteiger partial charge in [0.15, 0.2) is 0 Å². The van der Waals surface area contributed by atoms with Crippen LogP contribution in [0, 0.1) is 20.8 Å². The lowest BCUT2D eigenvalue weighted by Crippen LogP contribution is -2.30. The molecule has 0 saturated carbocycles. The molecule has 2 aromatic heterocycles. The number of aromatic nitrogens is 2. The van der Waals surface area contributed by atoms with Gasteiger partial charge < -0.3 is 5.84 Å². The minimum atomic E-state index is -0.193. The molecule has 0 spiro atoms. The first-order valence-corrected chi connectivity index (χ1v) is 7.20. The highest BCUT2D eigenvalue weighted by atomic mass is 32.1. The molecule has 1 aromatic carbocycles. The summed E-state index contributed by atoms with van der Waals surface area (Å²) in [5.74, 6) is 6.28. The van der Waals surface area contributed by atoms with Crippen LogP contribution in [0.2, 0.25) is 0 Å². The second kappa shape index (κ2) is 4.45. The van der Waals surface area contributed by atoms with E-state index in [9.17, 15) is 4.79 Å². The molecule has 0 unspecified atom stereocenters. The zero-order valence-corrected chi connectivity index (χ0v) is 12.4. The Balaban J connectivity index is 2.35. The molecule has 5 heteroatoms. The lowest BCUT2D eigenvalue weighted by atomic mass is 10.0. The summed E-state index contributed by atoms with van der Waals surface area (Å²) in [5.41, 5.74) is 4.18. The smallest absolute Gasteiger partial charge is 0.281 e. The number of rotatable bonds is 1. The number of aryl methyl sites for hydroxylation is 3. The summed E-state index contributed by atoms with van der Waals surface area (Å²) >= 11 is 1.48. The predicted octanol–water partition coefficient (Wildman–Crippen LogP) is 2.76. The third kappa shape index (κ3) is 1.82. The predicted molar refractivity (Wildman–Crippen MR) is 83.7 cm³/mol. The molecule has 3 aromatic rings. The molecule has 2 heterocycles. The van der Waals surface area contributed by atoms with Crippen LogP contribution in [-0.2, 0) is 0 Å². The van der Waals surface area contributed by atoms with E-state index in [4.69, 9.17) is 5.84 Å². The van der Waals surface area contributed by atoms with Gasteiger partial charge in [0.25, 0.3) is 5.56 Å². The molecule has 0 aliphatic heterocycles. The first-order valence-electron chi connectivity index (χ1n) is 6.32. The lowest BCUT2D eigenvalue weighted by Gasteiger charge is -2.06. The number of fused-ring (bicyclic) bond motifs is 1. The number of hydrogen-bond donors (Lipinski definition) is 1. The van der Waals surface area contributed by atoms with Crippen LogP contribution < -0.4 is 11.4 Å². The van der Waals surface area contributed by atoms with E-state index in [2.05, 4.69) is 31.0 Å². The first-order chi connectivity index (χ1) is 9.49. The fourth-order valence-corrected chi connectivity index (χ4v) is 3.21. The maximum atomic E-state index is 12.4. The molecule has 102 valence electrons. The molecule has 0 amide bonds. The van der Waals surface area contributed by atoms with Gasteiger partial charge in [0, 0.05) is 10.9 Å². The van der Waals surface area contributed by atoms with E-state index in [-0.39, 0.29) is 5.56 Å². The number of benzene rings is 1. The van der Waals surface area contributed by atoms with Crippen LogP contribution in [0.4, 0.5) is 0 Å². The first kappa shape index (κ1) is 12.9.